The summed E-state index contributed by atoms with van der Waals surface area (Å²) in [5, 5.41) is 3.45. The van der Waals surface area contributed by atoms with E-state index in [2.05, 4.69) is 5.32 Å². The maximum absolute atomic E-state index is 5.94. The molecule has 0 bridgehead atoms. The van der Waals surface area contributed by atoms with Crippen LogP contribution in [0.25, 0.3) is 0 Å². The summed E-state index contributed by atoms with van der Waals surface area (Å²) in [6, 6.07) is 6.43. The summed E-state index contributed by atoms with van der Waals surface area (Å²) >= 11 is 0. The minimum atomic E-state index is 0.277. The van der Waals surface area contributed by atoms with E-state index >= 15 is 0 Å². The lowest BCUT2D eigenvalue weighted by Crippen LogP contribution is -2.26. The van der Waals surface area contributed by atoms with E-state index < -0.39 is 0 Å². The predicted molar refractivity (Wildman–Crippen MR) is 67.3 cm³/mol. The monoisotopic (exact) mass is 263 g/mol. The van der Waals surface area contributed by atoms with Gasteiger partial charge in [-0.05, 0) is 24.1 Å². The number of nitrogens with one attached hydrogen (secondary N) is 1. The fraction of sp³-hybridized carbons (Fsp3) is 0.571. The lowest BCUT2D eigenvalue weighted by Gasteiger charge is -2.11. The molecule has 5 heteroatoms. The molecule has 1 aromatic rings. The maximum Gasteiger partial charge on any atom is 0.231 e. The predicted octanol–water partition coefficient (Wildman–Crippen LogP) is 1.06. The Morgan fingerprint density at radius 3 is 3.05 bits per heavy atom. The molecule has 1 aromatic carbocycles. The molecule has 102 valence electrons. The average molecular weight is 263 g/mol. The number of benzene rings is 1. The van der Waals surface area contributed by atoms with Crippen LogP contribution in [0, 0.1) is 0 Å². The SMILES string of the molecule is c1cc2c(cc1CO[C@H]1CN[C@@H](C3CO3)C1)OCO2. The number of fused-ring (bicyclic) bond motifs is 1. The highest BCUT2D eigenvalue weighted by atomic mass is 16.7. The molecule has 19 heavy (non-hydrogen) atoms. The van der Waals surface area contributed by atoms with Gasteiger partial charge in [0, 0.05) is 12.6 Å². The zero-order valence-corrected chi connectivity index (χ0v) is 10.6. The molecule has 4 rings (SSSR count). The van der Waals surface area contributed by atoms with Crippen molar-refractivity contribution in [3.05, 3.63) is 23.8 Å². The summed E-state index contributed by atoms with van der Waals surface area (Å²) < 4.78 is 21.9. The molecule has 1 unspecified atom stereocenters. The van der Waals surface area contributed by atoms with Gasteiger partial charge in [0.2, 0.25) is 6.79 Å². The van der Waals surface area contributed by atoms with Crippen molar-refractivity contribution in [2.45, 2.75) is 31.3 Å². The molecule has 0 radical (unpaired) electrons. The van der Waals surface area contributed by atoms with E-state index in [-0.39, 0.29) is 6.10 Å². The Morgan fingerprint density at radius 2 is 2.16 bits per heavy atom. The Bertz CT molecular complexity index is 475. The second-order valence-corrected chi connectivity index (χ2v) is 5.24. The van der Waals surface area contributed by atoms with Crippen molar-refractivity contribution in [1.82, 2.24) is 5.32 Å². The highest BCUT2D eigenvalue weighted by Gasteiger charge is 2.38. The standard InChI is InChI=1S/C14H17NO4/c1-2-12-13(19-8-18-12)3-9(1)6-16-10-4-11(15-5-10)14-7-17-14/h1-3,10-11,14-15H,4-8H2/t10-,11-,14?/m1/s1. The number of hydrogen-bond acceptors (Lipinski definition) is 5. The fourth-order valence-electron chi connectivity index (χ4n) is 2.68. The molecule has 5 nitrogen and oxygen atoms in total. The quantitative estimate of drug-likeness (QED) is 0.823. The summed E-state index contributed by atoms with van der Waals surface area (Å²) in [5.74, 6) is 1.63. The molecule has 0 aromatic heterocycles. The van der Waals surface area contributed by atoms with Gasteiger partial charge in [0.1, 0.15) is 0 Å². The number of epoxide rings is 1. The largest absolute Gasteiger partial charge is 0.454 e. The first kappa shape index (κ1) is 11.5. The van der Waals surface area contributed by atoms with Gasteiger partial charge in [-0.2, -0.15) is 0 Å². The van der Waals surface area contributed by atoms with Crippen molar-refractivity contribution in [3.63, 3.8) is 0 Å². The second kappa shape index (κ2) is 4.67. The second-order valence-electron chi connectivity index (χ2n) is 5.24. The summed E-state index contributed by atoms with van der Waals surface area (Å²) in [5.41, 5.74) is 1.12. The minimum Gasteiger partial charge on any atom is -0.454 e. The Balaban J connectivity index is 1.32. The number of rotatable bonds is 4. The van der Waals surface area contributed by atoms with Gasteiger partial charge in [0.25, 0.3) is 0 Å². The van der Waals surface area contributed by atoms with Gasteiger partial charge in [-0.25, -0.2) is 0 Å². The van der Waals surface area contributed by atoms with Crippen LogP contribution in [0.5, 0.6) is 11.5 Å². The first-order chi connectivity index (χ1) is 9.38. The molecule has 3 atom stereocenters. The third kappa shape index (κ3) is 2.41. The Kier molecular flexibility index (Phi) is 2.83. The molecule has 3 aliphatic heterocycles. The van der Waals surface area contributed by atoms with Crippen LogP contribution >= 0.6 is 0 Å². The topological polar surface area (TPSA) is 52.2 Å². The van der Waals surface area contributed by atoms with Crippen LogP contribution in [0.1, 0.15) is 12.0 Å². The van der Waals surface area contributed by atoms with Crippen LogP contribution < -0.4 is 14.8 Å². The van der Waals surface area contributed by atoms with Gasteiger partial charge in [-0.15, -0.1) is 0 Å². The van der Waals surface area contributed by atoms with Crippen LogP contribution in [-0.2, 0) is 16.1 Å². The molecule has 2 saturated heterocycles. The van der Waals surface area contributed by atoms with Gasteiger partial charge < -0.3 is 24.3 Å². The highest BCUT2D eigenvalue weighted by molar-refractivity contribution is 5.44. The van der Waals surface area contributed by atoms with Crippen LogP contribution in [0.3, 0.4) is 0 Å². The first-order valence-electron chi connectivity index (χ1n) is 6.73. The molecule has 1 N–H and O–H groups in total. The third-order valence-electron chi connectivity index (χ3n) is 3.86. The summed E-state index contributed by atoms with van der Waals surface area (Å²) in [4.78, 5) is 0. The van der Waals surface area contributed by atoms with Crippen molar-refractivity contribution < 1.29 is 18.9 Å². The average Bonchev–Trinajstić information content (AvgIpc) is 3.01. The van der Waals surface area contributed by atoms with Crippen molar-refractivity contribution in [2.24, 2.45) is 0 Å². The molecule has 3 aliphatic rings. The number of ether oxygens (including phenoxy) is 4. The van der Waals surface area contributed by atoms with Gasteiger partial charge in [-0.1, -0.05) is 6.07 Å². The van der Waals surface area contributed by atoms with Crippen molar-refractivity contribution in [1.29, 1.82) is 0 Å². The molecular weight excluding hydrogens is 246 g/mol. The molecule has 0 spiro atoms. The minimum absolute atomic E-state index is 0.277. The van der Waals surface area contributed by atoms with Crippen LogP contribution in [0.4, 0.5) is 0 Å². The van der Waals surface area contributed by atoms with E-state index in [0.29, 0.717) is 25.5 Å². The van der Waals surface area contributed by atoms with Crippen LogP contribution in [-0.4, -0.2) is 38.2 Å². The Morgan fingerprint density at radius 1 is 1.26 bits per heavy atom. The zero-order valence-electron chi connectivity index (χ0n) is 10.6. The van der Waals surface area contributed by atoms with E-state index in [1.807, 2.05) is 18.2 Å². The molecule has 0 amide bonds. The van der Waals surface area contributed by atoms with Gasteiger partial charge in [0.15, 0.2) is 11.5 Å². The van der Waals surface area contributed by atoms with Crippen LogP contribution in [0.15, 0.2) is 18.2 Å². The van der Waals surface area contributed by atoms with Crippen LogP contribution in [0.2, 0.25) is 0 Å². The molecule has 0 aliphatic carbocycles. The zero-order chi connectivity index (χ0) is 12.7. The lowest BCUT2D eigenvalue weighted by molar-refractivity contribution is 0.0519. The first-order valence-corrected chi connectivity index (χ1v) is 6.73. The van der Waals surface area contributed by atoms with Crippen molar-refractivity contribution in [3.8, 4) is 11.5 Å². The summed E-state index contributed by atoms with van der Waals surface area (Å²) in [6.45, 7) is 2.73. The normalized spacial score (nSPS) is 31.7. The lowest BCUT2D eigenvalue weighted by atomic mass is 10.1. The van der Waals surface area contributed by atoms with E-state index in [4.69, 9.17) is 18.9 Å². The molecule has 2 fully saturated rings. The highest BCUT2D eigenvalue weighted by Crippen LogP contribution is 2.33. The summed E-state index contributed by atoms with van der Waals surface area (Å²) in [7, 11) is 0. The van der Waals surface area contributed by atoms with E-state index in [9.17, 15) is 0 Å². The smallest absolute Gasteiger partial charge is 0.231 e. The third-order valence-corrected chi connectivity index (χ3v) is 3.86. The van der Waals surface area contributed by atoms with E-state index in [0.717, 1.165) is 36.6 Å². The van der Waals surface area contributed by atoms with Gasteiger partial charge in [0.05, 0.1) is 25.4 Å². The van der Waals surface area contributed by atoms with E-state index in [1.54, 1.807) is 0 Å². The number of hydrogen-bond donors (Lipinski definition) is 1. The summed E-state index contributed by atoms with van der Waals surface area (Å²) in [6.07, 6.45) is 1.73. The Labute approximate surface area is 111 Å². The van der Waals surface area contributed by atoms with Crippen molar-refractivity contribution >= 4 is 0 Å². The molecule has 3 heterocycles. The maximum atomic E-state index is 5.94. The van der Waals surface area contributed by atoms with Gasteiger partial charge >= 0.3 is 0 Å². The molecule has 0 saturated carbocycles. The van der Waals surface area contributed by atoms with Gasteiger partial charge in [-0.3, -0.25) is 0 Å². The fourth-order valence-corrected chi connectivity index (χ4v) is 2.68. The van der Waals surface area contributed by atoms with E-state index in [1.165, 1.54) is 0 Å². The molecular formula is C14H17NO4. The Hall–Kier alpha value is -1.30. The van der Waals surface area contributed by atoms with Crippen molar-refractivity contribution in [2.75, 3.05) is 19.9 Å².